The second-order valence-corrected chi connectivity index (χ2v) is 2.10. The quantitative estimate of drug-likeness (QED) is 0.419. The van der Waals surface area contributed by atoms with Crippen LogP contribution in [0.15, 0.2) is 0 Å². The summed E-state index contributed by atoms with van der Waals surface area (Å²) in [7, 11) is 0. The van der Waals surface area contributed by atoms with E-state index in [2.05, 4.69) is 30.1 Å². The van der Waals surface area contributed by atoms with Crippen LogP contribution >= 0.6 is 0 Å². The molecule has 0 saturated carbocycles. The standard InChI is InChI=1S/C4H9.Al/c1-4(2)3;/h4H,1H2,2-3H3;. The fourth-order valence-corrected chi connectivity index (χ4v) is 0. The SMILES string of the molecule is CC(C)[CH2][Al]. The zero-order chi connectivity index (χ0) is 4.28. The van der Waals surface area contributed by atoms with Gasteiger partial charge >= 0.3 is 0 Å². The van der Waals surface area contributed by atoms with Gasteiger partial charge in [0, 0.05) is 0 Å². The van der Waals surface area contributed by atoms with Crippen LogP contribution in [0.1, 0.15) is 13.8 Å². The molecule has 0 aliphatic rings. The van der Waals surface area contributed by atoms with Gasteiger partial charge in [-0.25, -0.2) is 0 Å². The molecular weight excluding hydrogens is 75.0 g/mol. The van der Waals surface area contributed by atoms with Crippen molar-refractivity contribution < 1.29 is 0 Å². The minimum atomic E-state index is 0.847. The smallest absolute Gasteiger partial charge is 0.116 e. The minimum Gasteiger partial charge on any atom is -0.116 e. The third-order valence-corrected chi connectivity index (χ3v) is 1.41. The van der Waals surface area contributed by atoms with Crippen LogP contribution in [0.2, 0.25) is 5.28 Å². The molecule has 1 heteroatoms. The van der Waals surface area contributed by atoms with Gasteiger partial charge in [0.2, 0.25) is 0 Å². The van der Waals surface area contributed by atoms with Gasteiger partial charge in [-0.2, -0.15) is 0 Å². The summed E-state index contributed by atoms with van der Waals surface area (Å²) in [5.41, 5.74) is 0. The first-order valence-corrected chi connectivity index (χ1v) is 2.79. The van der Waals surface area contributed by atoms with Crippen LogP contribution in [0, 0.1) is 5.92 Å². The molecule has 0 aromatic rings. The van der Waals surface area contributed by atoms with E-state index in [9.17, 15) is 0 Å². The van der Waals surface area contributed by atoms with Gasteiger partial charge in [-0.3, -0.25) is 0 Å². The van der Waals surface area contributed by atoms with Crippen LogP contribution in [0.5, 0.6) is 0 Å². The summed E-state index contributed by atoms with van der Waals surface area (Å²) in [6.07, 6.45) is 0. The van der Waals surface area contributed by atoms with Crippen molar-refractivity contribution in [1.82, 2.24) is 0 Å². The average molecular weight is 84.1 g/mol. The van der Waals surface area contributed by atoms with Gasteiger partial charge < -0.3 is 0 Å². The van der Waals surface area contributed by atoms with Gasteiger partial charge in [-0.05, 0) is 0 Å². The first-order valence-electron chi connectivity index (χ1n) is 1.97. The Balaban J connectivity index is 2.54. The Hall–Kier alpha value is 0.532. The van der Waals surface area contributed by atoms with Crippen LogP contribution in [0.4, 0.5) is 0 Å². The predicted molar refractivity (Wildman–Crippen MR) is 25.4 cm³/mol. The van der Waals surface area contributed by atoms with Gasteiger partial charge in [0.25, 0.3) is 0 Å². The maximum absolute atomic E-state index is 2.69. The summed E-state index contributed by atoms with van der Waals surface area (Å²) in [6.45, 7) is 4.40. The molecule has 0 fully saturated rings. The molecule has 0 aromatic carbocycles. The van der Waals surface area contributed by atoms with E-state index in [1.54, 1.807) is 0 Å². The summed E-state index contributed by atoms with van der Waals surface area (Å²) in [4.78, 5) is 0. The highest BCUT2D eigenvalue weighted by Crippen LogP contribution is 1.92. The average Bonchev–Trinajstić information content (AvgIpc) is 1.38. The minimum absolute atomic E-state index is 0.847. The highest BCUT2D eigenvalue weighted by molar-refractivity contribution is 6.08. The molecule has 0 heterocycles. The van der Waals surface area contributed by atoms with E-state index in [1.807, 2.05) is 0 Å². The second kappa shape index (κ2) is 2.75. The number of rotatable bonds is 1. The highest BCUT2D eigenvalue weighted by Gasteiger charge is 1.79. The highest BCUT2D eigenvalue weighted by atomic mass is 27.0. The van der Waals surface area contributed by atoms with Crippen molar-refractivity contribution in [3.63, 3.8) is 0 Å². The molecule has 0 aromatic heterocycles. The van der Waals surface area contributed by atoms with Gasteiger partial charge in [-0.15, -0.1) is 5.28 Å². The molecule has 28 valence electrons. The van der Waals surface area contributed by atoms with E-state index in [1.165, 1.54) is 5.28 Å². The summed E-state index contributed by atoms with van der Waals surface area (Å²) in [6, 6.07) is 0. The Morgan fingerprint density at radius 3 is 1.80 bits per heavy atom. The van der Waals surface area contributed by atoms with Gasteiger partial charge in [0.1, 0.15) is 16.3 Å². The van der Waals surface area contributed by atoms with Crippen LogP contribution < -0.4 is 0 Å². The summed E-state index contributed by atoms with van der Waals surface area (Å²) in [5, 5.41) is 1.22. The monoisotopic (exact) mass is 84.1 g/mol. The lowest BCUT2D eigenvalue weighted by Crippen LogP contribution is -1.80. The topological polar surface area (TPSA) is 0 Å². The van der Waals surface area contributed by atoms with E-state index < -0.39 is 0 Å². The van der Waals surface area contributed by atoms with Crippen molar-refractivity contribution in [1.29, 1.82) is 0 Å². The second-order valence-electron chi connectivity index (χ2n) is 1.63. The molecule has 5 heavy (non-hydrogen) atoms. The summed E-state index contributed by atoms with van der Waals surface area (Å²) < 4.78 is 0. The van der Waals surface area contributed by atoms with Crippen molar-refractivity contribution in [3.8, 4) is 0 Å². The van der Waals surface area contributed by atoms with Crippen molar-refractivity contribution in [2.45, 2.75) is 19.1 Å². The van der Waals surface area contributed by atoms with E-state index in [0.29, 0.717) is 0 Å². The molecule has 0 rings (SSSR count). The fourth-order valence-electron chi connectivity index (χ4n) is 0. The molecule has 0 atom stereocenters. The van der Waals surface area contributed by atoms with E-state index in [4.69, 9.17) is 0 Å². The van der Waals surface area contributed by atoms with Crippen molar-refractivity contribution in [3.05, 3.63) is 0 Å². The Labute approximate surface area is 42.0 Å². The molecule has 0 unspecified atom stereocenters. The van der Waals surface area contributed by atoms with Crippen molar-refractivity contribution >= 4 is 16.3 Å². The molecule has 0 aliphatic heterocycles. The molecule has 0 bridgehead atoms. The Bertz CT molecular complexity index is 17.6. The zero-order valence-corrected chi connectivity index (χ0v) is 5.02. The lowest BCUT2D eigenvalue weighted by Gasteiger charge is -1.91. The Morgan fingerprint density at radius 2 is 1.80 bits per heavy atom. The van der Waals surface area contributed by atoms with Gasteiger partial charge in [0.15, 0.2) is 0 Å². The van der Waals surface area contributed by atoms with Gasteiger partial charge in [-0.1, -0.05) is 19.8 Å². The van der Waals surface area contributed by atoms with Crippen LogP contribution in [-0.2, 0) is 0 Å². The molecule has 2 radical (unpaired) electrons. The van der Waals surface area contributed by atoms with E-state index in [0.717, 1.165) is 5.92 Å². The predicted octanol–water partition coefficient (Wildman–Crippen LogP) is 1.23. The fraction of sp³-hybridized carbons (Fsp3) is 1.00. The lowest BCUT2D eigenvalue weighted by atomic mass is 10.3. The first kappa shape index (κ1) is 5.53. The molecule has 0 amide bonds. The number of hydrogen-bond acceptors (Lipinski definition) is 0. The number of hydrogen-bond donors (Lipinski definition) is 0. The van der Waals surface area contributed by atoms with Crippen molar-refractivity contribution in [2.75, 3.05) is 0 Å². The maximum atomic E-state index is 2.69. The molecule has 0 spiro atoms. The van der Waals surface area contributed by atoms with E-state index >= 15 is 0 Å². The molecular formula is C4H9Al. The molecule has 0 N–H and O–H groups in total. The van der Waals surface area contributed by atoms with E-state index in [-0.39, 0.29) is 0 Å². The van der Waals surface area contributed by atoms with Crippen LogP contribution in [0.25, 0.3) is 0 Å². The maximum Gasteiger partial charge on any atom is 0.118 e. The normalized spacial score (nSPS) is 9.40. The summed E-state index contributed by atoms with van der Waals surface area (Å²) in [5.74, 6) is 0.847. The molecule has 0 aliphatic carbocycles. The molecule has 0 saturated heterocycles. The van der Waals surface area contributed by atoms with Crippen LogP contribution in [-0.4, -0.2) is 16.3 Å². The Morgan fingerprint density at radius 1 is 1.60 bits per heavy atom. The lowest BCUT2D eigenvalue weighted by molar-refractivity contribution is 0.735. The summed E-state index contributed by atoms with van der Waals surface area (Å²) >= 11 is 2.69. The van der Waals surface area contributed by atoms with Crippen molar-refractivity contribution in [2.24, 2.45) is 5.92 Å². The zero-order valence-electron chi connectivity index (χ0n) is 3.86. The first-order chi connectivity index (χ1) is 2.27. The largest absolute Gasteiger partial charge is 0.118 e. The van der Waals surface area contributed by atoms with Gasteiger partial charge in [0.05, 0.1) is 0 Å². The Kier molecular flexibility index (Phi) is 3.05. The van der Waals surface area contributed by atoms with Crippen LogP contribution in [0.3, 0.4) is 0 Å². The third kappa shape index (κ3) is 4.53. The third-order valence-electron chi connectivity index (χ3n) is 0.471. The molecule has 0 nitrogen and oxygen atoms in total.